The molecule has 0 unspecified atom stereocenters. The van der Waals surface area contributed by atoms with Crippen LogP contribution in [0.4, 0.5) is 0 Å². The molecule has 0 saturated carbocycles. The van der Waals surface area contributed by atoms with E-state index in [2.05, 4.69) is 10.1 Å². The lowest BCUT2D eigenvalue weighted by atomic mass is 9.84. The number of hydrogen-bond acceptors (Lipinski definition) is 4. The van der Waals surface area contributed by atoms with Crippen molar-refractivity contribution < 1.29 is 10.2 Å². The van der Waals surface area contributed by atoms with E-state index in [1.165, 1.54) is 23.4 Å². The minimum atomic E-state index is -1.71. The second kappa shape index (κ2) is 7.32. The van der Waals surface area contributed by atoms with E-state index >= 15 is 0 Å². The van der Waals surface area contributed by atoms with E-state index in [9.17, 15) is 10.2 Å². The molecule has 0 aliphatic heterocycles. The predicted octanol–water partition coefficient (Wildman–Crippen LogP) is 3.86. The molecular formula is C17H14Cl3N3O2. The van der Waals surface area contributed by atoms with E-state index < -0.39 is 11.7 Å². The van der Waals surface area contributed by atoms with Crippen LogP contribution < -0.4 is 0 Å². The molecule has 0 radical (unpaired) electrons. The molecule has 2 atom stereocenters. The molecule has 0 fully saturated rings. The molecule has 0 aliphatic rings. The Bertz CT molecular complexity index is 856. The van der Waals surface area contributed by atoms with Gasteiger partial charge in [-0.05, 0) is 29.8 Å². The molecule has 0 amide bonds. The highest BCUT2D eigenvalue weighted by molar-refractivity contribution is 6.35. The Morgan fingerprint density at radius 3 is 2.32 bits per heavy atom. The van der Waals surface area contributed by atoms with Crippen molar-refractivity contribution in [3.8, 4) is 0 Å². The summed E-state index contributed by atoms with van der Waals surface area (Å²) in [5, 5.41) is 27.6. The van der Waals surface area contributed by atoms with Gasteiger partial charge in [-0.1, -0.05) is 53.0 Å². The zero-order chi connectivity index (χ0) is 18.0. The Morgan fingerprint density at radius 2 is 1.72 bits per heavy atom. The molecule has 0 saturated heterocycles. The normalized spacial score (nSPS) is 14.9. The van der Waals surface area contributed by atoms with Crippen LogP contribution in [0, 0.1) is 0 Å². The molecule has 8 heteroatoms. The molecule has 25 heavy (non-hydrogen) atoms. The number of rotatable bonds is 5. The standard InChI is InChI=1S/C17H14Cl3N3O2/c18-12-3-1-11(2-4-12)17(25,8-23-10-21-9-22-23)16(24)14-6-5-13(19)7-15(14)20/h1-7,9-10,16,24-25H,8H2/t16-,17-/m1/s1. The SMILES string of the molecule is O[C@H](c1ccc(Cl)cc1Cl)[C@@](O)(Cn1cncn1)c1ccc(Cl)cc1. The number of benzene rings is 2. The summed E-state index contributed by atoms with van der Waals surface area (Å²) in [6, 6.07) is 11.3. The van der Waals surface area contributed by atoms with Crippen LogP contribution in [0.5, 0.6) is 0 Å². The monoisotopic (exact) mass is 397 g/mol. The Morgan fingerprint density at radius 1 is 1.04 bits per heavy atom. The quantitative estimate of drug-likeness (QED) is 0.684. The second-order valence-electron chi connectivity index (χ2n) is 5.59. The van der Waals surface area contributed by atoms with Crippen molar-refractivity contribution in [2.75, 3.05) is 0 Å². The van der Waals surface area contributed by atoms with Gasteiger partial charge >= 0.3 is 0 Å². The zero-order valence-electron chi connectivity index (χ0n) is 12.9. The lowest BCUT2D eigenvalue weighted by Crippen LogP contribution is -2.38. The maximum Gasteiger partial charge on any atom is 0.139 e. The van der Waals surface area contributed by atoms with Crippen LogP contribution >= 0.6 is 34.8 Å². The maximum atomic E-state index is 11.4. The van der Waals surface area contributed by atoms with Crippen LogP contribution in [0.1, 0.15) is 17.2 Å². The van der Waals surface area contributed by atoms with Crippen molar-refractivity contribution in [1.29, 1.82) is 0 Å². The van der Waals surface area contributed by atoms with Crippen molar-refractivity contribution in [1.82, 2.24) is 14.8 Å². The highest BCUT2D eigenvalue weighted by Crippen LogP contribution is 2.40. The molecule has 130 valence electrons. The van der Waals surface area contributed by atoms with Crippen molar-refractivity contribution in [3.05, 3.63) is 81.3 Å². The first-order valence-corrected chi connectivity index (χ1v) is 8.47. The lowest BCUT2D eigenvalue weighted by Gasteiger charge is -2.34. The first kappa shape index (κ1) is 18.2. The van der Waals surface area contributed by atoms with Crippen LogP contribution in [-0.4, -0.2) is 25.0 Å². The predicted molar refractivity (Wildman–Crippen MR) is 96.8 cm³/mol. The van der Waals surface area contributed by atoms with Crippen molar-refractivity contribution in [3.63, 3.8) is 0 Å². The second-order valence-corrected chi connectivity index (χ2v) is 6.87. The van der Waals surface area contributed by atoms with Gasteiger partial charge < -0.3 is 10.2 Å². The maximum absolute atomic E-state index is 11.4. The summed E-state index contributed by atoms with van der Waals surface area (Å²) in [5.41, 5.74) is -0.898. The number of aromatic nitrogens is 3. The molecule has 1 aromatic heterocycles. The number of aliphatic hydroxyl groups excluding tert-OH is 1. The Kier molecular flexibility index (Phi) is 5.32. The van der Waals surface area contributed by atoms with E-state index in [4.69, 9.17) is 34.8 Å². The van der Waals surface area contributed by atoms with Crippen molar-refractivity contribution in [2.24, 2.45) is 0 Å². The number of aliphatic hydroxyl groups is 2. The Labute approximate surface area is 159 Å². The fourth-order valence-electron chi connectivity index (χ4n) is 2.62. The van der Waals surface area contributed by atoms with Gasteiger partial charge in [-0.25, -0.2) is 9.67 Å². The summed E-state index contributed by atoms with van der Waals surface area (Å²) < 4.78 is 1.43. The van der Waals surface area contributed by atoms with Gasteiger partial charge in [0.25, 0.3) is 0 Å². The first-order valence-electron chi connectivity index (χ1n) is 7.34. The van der Waals surface area contributed by atoms with Crippen LogP contribution in [0.25, 0.3) is 0 Å². The summed E-state index contributed by atoms with van der Waals surface area (Å²) >= 11 is 18.1. The topological polar surface area (TPSA) is 71.2 Å². The van der Waals surface area contributed by atoms with Gasteiger partial charge in [0.15, 0.2) is 0 Å². The van der Waals surface area contributed by atoms with E-state index in [0.29, 0.717) is 21.2 Å². The number of halogens is 3. The molecule has 1 heterocycles. The third kappa shape index (κ3) is 3.81. The third-order valence-corrected chi connectivity index (χ3v) is 4.74. The molecule has 3 rings (SSSR count). The van der Waals surface area contributed by atoms with Gasteiger partial charge in [0.1, 0.15) is 24.4 Å². The largest absolute Gasteiger partial charge is 0.385 e. The Balaban J connectivity index is 2.07. The minimum Gasteiger partial charge on any atom is -0.385 e. The first-order chi connectivity index (χ1) is 11.9. The van der Waals surface area contributed by atoms with Gasteiger partial charge in [-0.3, -0.25) is 0 Å². The summed E-state index contributed by atoms with van der Waals surface area (Å²) in [5.74, 6) is 0. The summed E-state index contributed by atoms with van der Waals surface area (Å²) in [6.45, 7) is -0.0330. The molecule has 2 aromatic carbocycles. The summed E-state index contributed by atoms with van der Waals surface area (Å²) in [4.78, 5) is 3.87. The Hall–Kier alpha value is -1.63. The van der Waals surface area contributed by atoms with E-state index in [1.807, 2.05) is 0 Å². The summed E-state index contributed by atoms with van der Waals surface area (Å²) in [7, 11) is 0. The van der Waals surface area contributed by atoms with E-state index in [0.717, 1.165) is 0 Å². The molecule has 0 bridgehead atoms. The molecule has 0 aliphatic carbocycles. The van der Waals surface area contributed by atoms with Crippen molar-refractivity contribution >= 4 is 34.8 Å². The van der Waals surface area contributed by atoms with Gasteiger partial charge in [-0.15, -0.1) is 0 Å². The van der Waals surface area contributed by atoms with E-state index in [1.54, 1.807) is 36.4 Å². The molecule has 2 N–H and O–H groups in total. The van der Waals surface area contributed by atoms with Gasteiger partial charge in [0.2, 0.25) is 0 Å². The smallest absolute Gasteiger partial charge is 0.139 e. The number of nitrogens with zero attached hydrogens (tertiary/aromatic N) is 3. The third-order valence-electron chi connectivity index (χ3n) is 3.92. The molecule has 0 spiro atoms. The van der Waals surface area contributed by atoms with Gasteiger partial charge in [0, 0.05) is 20.6 Å². The average molecular weight is 399 g/mol. The average Bonchev–Trinajstić information content (AvgIpc) is 3.07. The fourth-order valence-corrected chi connectivity index (χ4v) is 3.25. The van der Waals surface area contributed by atoms with Gasteiger partial charge in [-0.2, -0.15) is 5.10 Å². The summed E-state index contributed by atoms with van der Waals surface area (Å²) in [6.07, 6.45) is 1.48. The molecule has 3 aromatic rings. The van der Waals surface area contributed by atoms with Crippen molar-refractivity contribution in [2.45, 2.75) is 18.2 Å². The van der Waals surface area contributed by atoms with Crippen LogP contribution in [-0.2, 0) is 12.1 Å². The zero-order valence-corrected chi connectivity index (χ0v) is 15.1. The van der Waals surface area contributed by atoms with E-state index in [-0.39, 0.29) is 11.6 Å². The van der Waals surface area contributed by atoms with Crippen LogP contribution in [0.15, 0.2) is 55.1 Å². The van der Waals surface area contributed by atoms with Gasteiger partial charge in [0.05, 0.1) is 6.54 Å². The minimum absolute atomic E-state index is 0.0330. The highest BCUT2D eigenvalue weighted by atomic mass is 35.5. The molecule has 5 nitrogen and oxygen atoms in total. The fraction of sp³-hybridized carbons (Fsp3) is 0.176. The van der Waals surface area contributed by atoms with Crippen LogP contribution in [0.3, 0.4) is 0 Å². The molecular weight excluding hydrogens is 385 g/mol. The highest BCUT2D eigenvalue weighted by Gasteiger charge is 2.40. The number of hydrogen-bond donors (Lipinski definition) is 2. The lowest BCUT2D eigenvalue weighted by molar-refractivity contribution is -0.0964. The van der Waals surface area contributed by atoms with Crippen LogP contribution in [0.2, 0.25) is 15.1 Å².